The van der Waals surface area contributed by atoms with Crippen LogP contribution in [0.25, 0.3) is 11.1 Å². The smallest absolute Gasteiger partial charge is 0.410 e. The summed E-state index contributed by atoms with van der Waals surface area (Å²) in [6.45, 7) is -0.201. The number of alkyl halides is 2. The molecule has 0 bridgehead atoms. The molecule has 0 spiro atoms. The number of halogens is 3. The molecule has 3 rings (SSSR count). The van der Waals surface area contributed by atoms with Gasteiger partial charge in [-0.1, -0.05) is 6.07 Å². The van der Waals surface area contributed by atoms with E-state index in [9.17, 15) is 18.0 Å². The summed E-state index contributed by atoms with van der Waals surface area (Å²) in [5.41, 5.74) is 0.335. The van der Waals surface area contributed by atoms with Gasteiger partial charge in [0.1, 0.15) is 5.82 Å². The molecule has 0 radical (unpaired) electrons. The van der Waals surface area contributed by atoms with Gasteiger partial charge < -0.3 is 9.64 Å². The van der Waals surface area contributed by atoms with Crippen LogP contribution in [0.2, 0.25) is 0 Å². The SMILES string of the molecule is [2H]C([2H])(c1cc(-c2ccc(F)c(C(F)F)c2)cnc1C)N1CCCOC1=O. The van der Waals surface area contributed by atoms with Crippen molar-refractivity contribution in [1.82, 2.24) is 9.88 Å². The molecule has 1 amide bonds. The van der Waals surface area contributed by atoms with Crippen molar-refractivity contribution < 1.29 is 25.4 Å². The van der Waals surface area contributed by atoms with Crippen molar-refractivity contribution >= 4 is 6.09 Å². The van der Waals surface area contributed by atoms with Crippen molar-refractivity contribution in [2.24, 2.45) is 0 Å². The zero-order chi connectivity index (χ0) is 19.8. The molecule has 1 fully saturated rings. The van der Waals surface area contributed by atoms with Gasteiger partial charge in [-0.2, -0.15) is 0 Å². The monoisotopic (exact) mass is 352 g/mol. The van der Waals surface area contributed by atoms with Gasteiger partial charge in [0.25, 0.3) is 6.43 Å². The Bertz CT molecular complexity index is 878. The van der Waals surface area contributed by atoms with E-state index in [1.807, 2.05) is 0 Å². The van der Waals surface area contributed by atoms with Crippen LogP contribution >= 0.6 is 0 Å². The average Bonchev–Trinajstić information content (AvgIpc) is 2.62. The molecule has 2 aromatic rings. The highest BCUT2D eigenvalue weighted by molar-refractivity contribution is 5.69. The van der Waals surface area contributed by atoms with E-state index in [1.54, 1.807) is 6.92 Å². The summed E-state index contributed by atoms with van der Waals surface area (Å²) in [5.74, 6) is -1.01. The third kappa shape index (κ3) is 3.75. The molecule has 1 aromatic heterocycles. The molecule has 1 aliphatic heterocycles. The molecule has 1 saturated heterocycles. The highest BCUT2D eigenvalue weighted by atomic mass is 19.3. The second-order valence-corrected chi connectivity index (χ2v) is 5.63. The number of nitrogens with zero attached hydrogens (tertiary/aromatic N) is 2. The van der Waals surface area contributed by atoms with E-state index in [0.717, 1.165) is 17.0 Å². The van der Waals surface area contributed by atoms with Gasteiger partial charge in [0.2, 0.25) is 0 Å². The van der Waals surface area contributed by atoms with Crippen LogP contribution in [0, 0.1) is 12.7 Å². The van der Waals surface area contributed by atoms with E-state index in [4.69, 9.17) is 7.48 Å². The number of ether oxygens (including phenoxy) is 1. The Hall–Kier alpha value is -2.57. The molecule has 0 N–H and O–H groups in total. The first-order chi connectivity index (χ1) is 12.7. The largest absolute Gasteiger partial charge is 0.449 e. The van der Waals surface area contributed by atoms with Crippen LogP contribution < -0.4 is 0 Å². The Morgan fingerprint density at radius 2 is 2.16 bits per heavy atom. The Labute approximate surface area is 146 Å². The van der Waals surface area contributed by atoms with Gasteiger partial charge in [-0.15, -0.1) is 0 Å². The second-order valence-electron chi connectivity index (χ2n) is 5.63. The fourth-order valence-corrected chi connectivity index (χ4v) is 2.49. The van der Waals surface area contributed by atoms with Gasteiger partial charge in [-0.05, 0) is 42.7 Å². The molecule has 25 heavy (non-hydrogen) atoms. The molecule has 2 heterocycles. The molecule has 0 aliphatic carbocycles. The fraction of sp³-hybridized carbons (Fsp3) is 0.333. The quantitative estimate of drug-likeness (QED) is 0.815. The maximum atomic E-state index is 13.5. The van der Waals surface area contributed by atoms with Gasteiger partial charge in [-0.25, -0.2) is 18.0 Å². The predicted molar refractivity (Wildman–Crippen MR) is 85.7 cm³/mol. The lowest BCUT2D eigenvalue weighted by atomic mass is 10.0. The number of hydrogen-bond donors (Lipinski definition) is 0. The Morgan fingerprint density at radius 3 is 2.88 bits per heavy atom. The number of hydrogen-bond acceptors (Lipinski definition) is 3. The predicted octanol–water partition coefficient (Wildman–Crippen LogP) is 4.48. The van der Waals surface area contributed by atoms with Crippen molar-refractivity contribution in [2.45, 2.75) is 26.3 Å². The number of carbonyl (C=O) groups excluding carboxylic acids is 1. The molecule has 7 heteroatoms. The third-order valence-corrected chi connectivity index (χ3v) is 3.88. The third-order valence-electron chi connectivity index (χ3n) is 3.88. The maximum Gasteiger partial charge on any atom is 0.410 e. The van der Waals surface area contributed by atoms with Crippen LogP contribution in [0.1, 0.15) is 32.4 Å². The van der Waals surface area contributed by atoms with Gasteiger partial charge >= 0.3 is 6.09 Å². The van der Waals surface area contributed by atoms with Crippen molar-refractivity contribution in [1.29, 1.82) is 0 Å². The van der Waals surface area contributed by atoms with E-state index in [1.165, 1.54) is 18.3 Å². The van der Waals surface area contributed by atoms with Crippen molar-refractivity contribution in [3.63, 3.8) is 0 Å². The first-order valence-electron chi connectivity index (χ1n) is 8.71. The first kappa shape index (κ1) is 14.7. The minimum absolute atomic E-state index is 0.113. The summed E-state index contributed by atoms with van der Waals surface area (Å²) >= 11 is 0. The van der Waals surface area contributed by atoms with Crippen LogP contribution in [0.15, 0.2) is 30.5 Å². The van der Waals surface area contributed by atoms with Gasteiger partial charge in [0.05, 0.1) is 21.4 Å². The number of amides is 1. The Balaban J connectivity index is 2.04. The number of rotatable bonds is 4. The minimum Gasteiger partial charge on any atom is -0.449 e. The molecule has 0 atom stereocenters. The lowest BCUT2D eigenvalue weighted by Crippen LogP contribution is -2.37. The highest BCUT2D eigenvalue weighted by Crippen LogP contribution is 2.29. The minimum atomic E-state index is -2.97. The van der Waals surface area contributed by atoms with Gasteiger partial charge in [0.15, 0.2) is 0 Å². The topological polar surface area (TPSA) is 42.4 Å². The molecule has 0 unspecified atom stereocenters. The summed E-state index contributed by atoms with van der Waals surface area (Å²) in [4.78, 5) is 17.1. The number of aryl methyl sites for hydroxylation is 1. The van der Waals surface area contributed by atoms with E-state index >= 15 is 0 Å². The fourth-order valence-electron chi connectivity index (χ4n) is 2.49. The zero-order valence-electron chi connectivity index (χ0n) is 15.4. The standard InChI is InChI=1S/C18H17F3N2O2/c1-11-14(10-23-5-2-6-25-18(23)24)7-13(9-22-11)12-3-4-16(19)15(8-12)17(20)21/h3-4,7-9,17H,2,5-6,10H2,1H3/i10D2. The van der Waals surface area contributed by atoms with E-state index in [0.29, 0.717) is 17.7 Å². The number of aromatic nitrogens is 1. The van der Waals surface area contributed by atoms with Crippen LogP contribution in [0.5, 0.6) is 0 Å². The molecule has 1 aromatic carbocycles. The van der Waals surface area contributed by atoms with Crippen molar-refractivity contribution in [2.75, 3.05) is 13.2 Å². The lowest BCUT2D eigenvalue weighted by Gasteiger charge is -2.26. The van der Waals surface area contributed by atoms with Crippen LogP contribution in [-0.2, 0) is 11.2 Å². The number of carbonyl (C=O) groups is 1. The molecule has 132 valence electrons. The van der Waals surface area contributed by atoms with E-state index < -0.39 is 30.4 Å². The van der Waals surface area contributed by atoms with Crippen LogP contribution in [0.4, 0.5) is 18.0 Å². The summed E-state index contributed by atoms with van der Waals surface area (Å²) in [5, 5.41) is 0. The molecular formula is C18H17F3N2O2. The van der Waals surface area contributed by atoms with Crippen LogP contribution in [0.3, 0.4) is 0 Å². The number of pyridine rings is 1. The van der Waals surface area contributed by atoms with E-state index in [-0.39, 0.29) is 24.3 Å². The van der Waals surface area contributed by atoms with Gasteiger partial charge in [-0.3, -0.25) is 4.98 Å². The van der Waals surface area contributed by atoms with Crippen molar-refractivity contribution in [3.05, 3.63) is 53.1 Å². The molecule has 0 saturated carbocycles. The Kier molecular flexibility index (Phi) is 4.20. The summed E-state index contributed by atoms with van der Waals surface area (Å²) in [7, 11) is 0. The van der Waals surface area contributed by atoms with Gasteiger partial charge in [0, 0.05) is 24.0 Å². The molecule has 4 nitrogen and oxygen atoms in total. The Morgan fingerprint density at radius 1 is 1.36 bits per heavy atom. The summed E-state index contributed by atoms with van der Waals surface area (Å²) in [6.07, 6.45) is -1.85. The highest BCUT2D eigenvalue weighted by Gasteiger charge is 2.21. The summed E-state index contributed by atoms with van der Waals surface area (Å²) < 4.78 is 61.2. The average molecular weight is 352 g/mol. The zero-order valence-corrected chi connectivity index (χ0v) is 13.4. The normalized spacial score (nSPS) is 16.5. The second kappa shape index (κ2) is 7.13. The maximum absolute atomic E-state index is 13.5. The molecular weight excluding hydrogens is 333 g/mol. The van der Waals surface area contributed by atoms with Crippen LogP contribution in [-0.4, -0.2) is 29.1 Å². The van der Waals surface area contributed by atoms with Crippen molar-refractivity contribution in [3.8, 4) is 11.1 Å². The number of benzene rings is 1. The first-order valence-corrected chi connectivity index (χ1v) is 7.71. The molecule has 1 aliphatic rings. The lowest BCUT2D eigenvalue weighted by molar-refractivity contribution is 0.0699. The number of cyclic esters (lactones) is 1. The summed E-state index contributed by atoms with van der Waals surface area (Å²) in [6, 6.07) is 4.71. The van der Waals surface area contributed by atoms with E-state index in [2.05, 4.69) is 4.98 Å².